The summed E-state index contributed by atoms with van der Waals surface area (Å²) in [5.41, 5.74) is 0. The van der Waals surface area contributed by atoms with Crippen LogP contribution in [0, 0.1) is 0 Å². The molecule has 0 aliphatic carbocycles. The van der Waals surface area contributed by atoms with Crippen molar-refractivity contribution in [3.05, 3.63) is 30.1 Å². The van der Waals surface area contributed by atoms with Gasteiger partial charge in [-0.05, 0) is 12.1 Å². The van der Waals surface area contributed by atoms with Crippen molar-refractivity contribution in [1.82, 2.24) is 9.36 Å². The van der Waals surface area contributed by atoms with Gasteiger partial charge in [0.05, 0.1) is 7.11 Å². The van der Waals surface area contributed by atoms with Crippen molar-refractivity contribution in [2.24, 2.45) is 0 Å². The van der Waals surface area contributed by atoms with Crippen molar-refractivity contribution in [2.75, 3.05) is 26.1 Å². The molecular formula is C12H15N3O2S. The number of aromatic nitrogens is 2. The minimum atomic E-state index is 0.359. The van der Waals surface area contributed by atoms with Gasteiger partial charge in [0, 0.05) is 31.7 Å². The SMILES string of the molecule is COc1cccc(OCc2nsc(N(C)C)n2)c1. The Hall–Kier alpha value is -1.82. The van der Waals surface area contributed by atoms with Crippen LogP contribution < -0.4 is 14.4 Å². The van der Waals surface area contributed by atoms with E-state index in [2.05, 4.69) is 9.36 Å². The Balaban J connectivity index is 1.97. The molecule has 1 aromatic carbocycles. The minimum Gasteiger partial charge on any atom is -0.497 e. The van der Waals surface area contributed by atoms with E-state index >= 15 is 0 Å². The van der Waals surface area contributed by atoms with E-state index in [4.69, 9.17) is 9.47 Å². The Morgan fingerprint density at radius 1 is 1.28 bits per heavy atom. The second kappa shape index (κ2) is 5.68. The molecule has 0 spiro atoms. The third-order valence-electron chi connectivity index (χ3n) is 2.25. The first kappa shape index (κ1) is 12.6. The molecule has 0 amide bonds. The van der Waals surface area contributed by atoms with Crippen molar-refractivity contribution in [3.63, 3.8) is 0 Å². The van der Waals surface area contributed by atoms with Gasteiger partial charge < -0.3 is 14.4 Å². The van der Waals surface area contributed by atoms with Crippen molar-refractivity contribution in [3.8, 4) is 11.5 Å². The number of methoxy groups -OCH3 is 1. The van der Waals surface area contributed by atoms with Gasteiger partial charge in [0.2, 0.25) is 5.13 Å². The quantitative estimate of drug-likeness (QED) is 0.829. The average Bonchev–Trinajstić information content (AvgIpc) is 2.85. The van der Waals surface area contributed by atoms with Crippen LogP contribution in [0.5, 0.6) is 11.5 Å². The van der Waals surface area contributed by atoms with Gasteiger partial charge >= 0.3 is 0 Å². The molecule has 2 rings (SSSR count). The highest BCUT2D eigenvalue weighted by atomic mass is 32.1. The van der Waals surface area contributed by atoms with Crippen LogP contribution in [0.1, 0.15) is 5.82 Å². The van der Waals surface area contributed by atoms with Crippen molar-refractivity contribution in [2.45, 2.75) is 6.61 Å². The van der Waals surface area contributed by atoms with Gasteiger partial charge in [-0.15, -0.1) is 0 Å². The summed E-state index contributed by atoms with van der Waals surface area (Å²) < 4.78 is 15.0. The van der Waals surface area contributed by atoms with Crippen LogP contribution in [0.4, 0.5) is 5.13 Å². The first-order chi connectivity index (χ1) is 8.69. The van der Waals surface area contributed by atoms with E-state index in [1.807, 2.05) is 43.3 Å². The van der Waals surface area contributed by atoms with Gasteiger partial charge in [-0.3, -0.25) is 0 Å². The summed E-state index contributed by atoms with van der Waals surface area (Å²) in [6, 6.07) is 7.47. The average molecular weight is 265 g/mol. The fraction of sp³-hybridized carbons (Fsp3) is 0.333. The Morgan fingerprint density at radius 2 is 2.06 bits per heavy atom. The van der Waals surface area contributed by atoms with E-state index < -0.39 is 0 Å². The standard InChI is InChI=1S/C12H15N3O2S/c1-15(2)12-13-11(14-18-12)8-17-10-6-4-5-9(7-10)16-3/h4-7H,8H2,1-3H3. The first-order valence-corrected chi connectivity index (χ1v) is 6.23. The summed E-state index contributed by atoms with van der Waals surface area (Å²) in [6.07, 6.45) is 0. The van der Waals surface area contributed by atoms with Gasteiger partial charge in [0.15, 0.2) is 5.82 Å². The van der Waals surface area contributed by atoms with Crippen LogP contribution in [0.25, 0.3) is 0 Å². The van der Waals surface area contributed by atoms with Crippen molar-refractivity contribution < 1.29 is 9.47 Å². The number of rotatable bonds is 5. The molecule has 0 saturated heterocycles. The smallest absolute Gasteiger partial charge is 0.204 e. The molecular weight excluding hydrogens is 250 g/mol. The van der Waals surface area contributed by atoms with Crippen molar-refractivity contribution >= 4 is 16.7 Å². The molecule has 0 unspecified atom stereocenters. The zero-order valence-electron chi connectivity index (χ0n) is 10.6. The maximum absolute atomic E-state index is 5.61. The first-order valence-electron chi connectivity index (χ1n) is 5.46. The lowest BCUT2D eigenvalue weighted by Gasteiger charge is -2.06. The molecule has 0 saturated carbocycles. The van der Waals surface area contributed by atoms with Crippen LogP contribution in [-0.2, 0) is 6.61 Å². The van der Waals surface area contributed by atoms with Gasteiger partial charge in [-0.2, -0.15) is 9.36 Å². The zero-order valence-corrected chi connectivity index (χ0v) is 11.4. The Morgan fingerprint density at radius 3 is 2.72 bits per heavy atom. The van der Waals surface area contributed by atoms with Crippen LogP contribution in [0.2, 0.25) is 0 Å². The lowest BCUT2D eigenvalue weighted by atomic mass is 10.3. The van der Waals surface area contributed by atoms with E-state index in [0.717, 1.165) is 16.6 Å². The van der Waals surface area contributed by atoms with E-state index in [1.54, 1.807) is 7.11 Å². The van der Waals surface area contributed by atoms with Gasteiger partial charge in [0.25, 0.3) is 0 Å². The highest BCUT2D eigenvalue weighted by Crippen LogP contribution is 2.20. The summed E-state index contributed by atoms with van der Waals surface area (Å²) in [4.78, 5) is 6.27. The number of benzene rings is 1. The molecule has 96 valence electrons. The van der Waals surface area contributed by atoms with Gasteiger partial charge in [-0.1, -0.05) is 6.07 Å². The molecule has 0 aliphatic heterocycles. The topological polar surface area (TPSA) is 47.5 Å². The Bertz CT molecular complexity index is 514. The number of hydrogen-bond donors (Lipinski definition) is 0. The fourth-order valence-corrected chi connectivity index (χ4v) is 1.91. The molecule has 0 fully saturated rings. The molecule has 0 N–H and O–H groups in total. The minimum absolute atomic E-state index is 0.359. The summed E-state index contributed by atoms with van der Waals surface area (Å²) in [5, 5.41) is 0.874. The number of nitrogens with zero attached hydrogens (tertiary/aromatic N) is 3. The largest absolute Gasteiger partial charge is 0.497 e. The molecule has 0 atom stereocenters. The molecule has 0 radical (unpaired) electrons. The third-order valence-corrected chi connectivity index (χ3v) is 3.17. The lowest BCUT2D eigenvalue weighted by molar-refractivity contribution is 0.295. The molecule has 5 nitrogen and oxygen atoms in total. The monoisotopic (exact) mass is 265 g/mol. The normalized spacial score (nSPS) is 10.2. The second-order valence-corrected chi connectivity index (χ2v) is 4.59. The van der Waals surface area contributed by atoms with E-state index in [9.17, 15) is 0 Å². The fourth-order valence-electron chi connectivity index (χ4n) is 1.32. The van der Waals surface area contributed by atoms with E-state index in [0.29, 0.717) is 12.4 Å². The molecule has 0 bridgehead atoms. The molecule has 0 aliphatic rings. The Labute approximate surface area is 110 Å². The maximum atomic E-state index is 5.61. The molecule has 1 aromatic heterocycles. The van der Waals surface area contributed by atoms with Crippen LogP contribution in [0.3, 0.4) is 0 Å². The van der Waals surface area contributed by atoms with Crippen molar-refractivity contribution in [1.29, 1.82) is 0 Å². The van der Waals surface area contributed by atoms with Crippen LogP contribution in [-0.4, -0.2) is 30.6 Å². The summed E-state index contributed by atoms with van der Waals surface area (Å²) in [5.74, 6) is 2.20. The Kier molecular flexibility index (Phi) is 3.99. The number of hydrogen-bond acceptors (Lipinski definition) is 6. The van der Waals surface area contributed by atoms with Crippen LogP contribution >= 0.6 is 11.5 Å². The summed E-state index contributed by atoms with van der Waals surface area (Å²) >= 11 is 1.36. The molecule has 2 aromatic rings. The maximum Gasteiger partial charge on any atom is 0.204 e. The van der Waals surface area contributed by atoms with Gasteiger partial charge in [0.1, 0.15) is 18.1 Å². The summed E-state index contributed by atoms with van der Waals surface area (Å²) in [7, 11) is 5.50. The van der Waals surface area contributed by atoms with Gasteiger partial charge in [-0.25, -0.2) is 0 Å². The number of anilines is 1. The predicted molar refractivity (Wildman–Crippen MR) is 71.6 cm³/mol. The lowest BCUT2D eigenvalue weighted by Crippen LogP contribution is -2.08. The second-order valence-electron chi connectivity index (χ2n) is 3.86. The highest BCUT2D eigenvalue weighted by Gasteiger charge is 2.06. The van der Waals surface area contributed by atoms with Crippen LogP contribution in [0.15, 0.2) is 24.3 Å². The molecule has 1 heterocycles. The number of ether oxygens (including phenoxy) is 2. The third kappa shape index (κ3) is 3.10. The van der Waals surface area contributed by atoms with E-state index in [-0.39, 0.29) is 0 Å². The molecule has 18 heavy (non-hydrogen) atoms. The highest BCUT2D eigenvalue weighted by molar-refractivity contribution is 7.09. The van der Waals surface area contributed by atoms with E-state index in [1.165, 1.54) is 11.5 Å². The predicted octanol–water partition coefficient (Wildman–Crippen LogP) is 2.19. The summed E-state index contributed by atoms with van der Waals surface area (Å²) in [6.45, 7) is 0.359. The molecule has 6 heteroatoms. The zero-order chi connectivity index (χ0) is 13.0.